The summed E-state index contributed by atoms with van der Waals surface area (Å²) < 4.78 is 5.39. The van der Waals surface area contributed by atoms with Gasteiger partial charge in [-0.1, -0.05) is 6.07 Å². The molecule has 1 aromatic carbocycles. The quantitative estimate of drug-likeness (QED) is 0.783. The van der Waals surface area contributed by atoms with Crippen molar-refractivity contribution in [3.05, 3.63) is 29.3 Å². The molecule has 0 spiro atoms. The molecule has 2 saturated heterocycles. The van der Waals surface area contributed by atoms with Crippen LogP contribution in [0.1, 0.15) is 43.2 Å². The highest BCUT2D eigenvalue weighted by atomic mass is 32.2. The van der Waals surface area contributed by atoms with Crippen molar-refractivity contribution in [1.29, 1.82) is 0 Å². The van der Waals surface area contributed by atoms with Crippen molar-refractivity contribution in [2.24, 2.45) is 0 Å². The van der Waals surface area contributed by atoms with Crippen LogP contribution in [0.5, 0.6) is 5.75 Å². The summed E-state index contributed by atoms with van der Waals surface area (Å²) in [6.45, 7) is 3.75. The highest BCUT2D eigenvalue weighted by Crippen LogP contribution is 2.52. The van der Waals surface area contributed by atoms with Crippen LogP contribution in [-0.4, -0.2) is 35.2 Å². The van der Waals surface area contributed by atoms with Gasteiger partial charge in [-0.2, -0.15) is 0 Å². The van der Waals surface area contributed by atoms with Crippen LogP contribution in [0.2, 0.25) is 0 Å². The van der Waals surface area contributed by atoms with E-state index in [1.54, 1.807) is 12.7 Å². The van der Waals surface area contributed by atoms with Crippen LogP contribution in [0.4, 0.5) is 0 Å². The standard InChI is InChI=1S/C17H23NOS/c1-17-8-7-15-14-5-4-13(19-2)11-12(14)3-6-16(15)18(17)9-10-20-17/h4-5,11,15-16H,3,6-10H2,1-2H3/t15-,16+,17+/m1/s1. The van der Waals surface area contributed by atoms with Crippen LogP contribution in [0.3, 0.4) is 0 Å². The number of aryl methyl sites for hydroxylation is 1. The zero-order valence-corrected chi connectivity index (χ0v) is 13.2. The Balaban J connectivity index is 1.69. The monoisotopic (exact) mass is 289 g/mol. The van der Waals surface area contributed by atoms with E-state index in [9.17, 15) is 0 Å². The number of hydrogen-bond acceptors (Lipinski definition) is 3. The third-order valence-corrected chi connectivity index (χ3v) is 7.04. The number of nitrogens with zero attached hydrogens (tertiary/aromatic N) is 1. The Labute approximate surface area is 125 Å². The van der Waals surface area contributed by atoms with Gasteiger partial charge in [-0.05, 0) is 61.8 Å². The third-order valence-electron chi connectivity index (χ3n) is 5.60. The van der Waals surface area contributed by atoms with Crippen molar-refractivity contribution in [2.75, 3.05) is 19.4 Å². The van der Waals surface area contributed by atoms with Crippen LogP contribution in [0.15, 0.2) is 18.2 Å². The average molecular weight is 289 g/mol. The number of hydrogen-bond donors (Lipinski definition) is 0. The molecule has 1 aliphatic carbocycles. The number of thioether (sulfide) groups is 1. The Hall–Kier alpha value is -0.670. The van der Waals surface area contributed by atoms with Gasteiger partial charge in [0.15, 0.2) is 0 Å². The first-order chi connectivity index (χ1) is 9.71. The first-order valence-electron chi connectivity index (χ1n) is 7.79. The largest absolute Gasteiger partial charge is 0.497 e. The Morgan fingerprint density at radius 1 is 1.35 bits per heavy atom. The van der Waals surface area contributed by atoms with Gasteiger partial charge in [0.1, 0.15) is 5.75 Å². The van der Waals surface area contributed by atoms with Crippen LogP contribution >= 0.6 is 11.8 Å². The van der Waals surface area contributed by atoms with Crippen LogP contribution in [0.25, 0.3) is 0 Å². The van der Waals surface area contributed by atoms with E-state index in [-0.39, 0.29) is 0 Å². The van der Waals surface area contributed by atoms with Gasteiger partial charge < -0.3 is 4.74 Å². The van der Waals surface area contributed by atoms with Gasteiger partial charge in [0, 0.05) is 18.3 Å². The van der Waals surface area contributed by atoms with Crippen molar-refractivity contribution >= 4 is 11.8 Å². The van der Waals surface area contributed by atoms with Gasteiger partial charge in [0.25, 0.3) is 0 Å². The number of piperidine rings is 1. The molecule has 0 aromatic heterocycles. The van der Waals surface area contributed by atoms with Gasteiger partial charge in [-0.15, -0.1) is 11.8 Å². The summed E-state index contributed by atoms with van der Waals surface area (Å²) in [6.07, 6.45) is 5.22. The predicted molar refractivity (Wildman–Crippen MR) is 84.6 cm³/mol. The number of ether oxygens (including phenoxy) is 1. The highest BCUT2D eigenvalue weighted by molar-refractivity contribution is 8.00. The fourth-order valence-electron chi connectivity index (χ4n) is 4.56. The first-order valence-corrected chi connectivity index (χ1v) is 8.77. The lowest BCUT2D eigenvalue weighted by Crippen LogP contribution is -2.53. The molecule has 3 heteroatoms. The Bertz CT molecular complexity index is 532. The van der Waals surface area contributed by atoms with E-state index in [0.29, 0.717) is 4.87 Å². The second-order valence-corrected chi connectivity index (χ2v) is 8.11. The fourth-order valence-corrected chi connectivity index (χ4v) is 5.94. The molecular formula is C17H23NOS. The van der Waals surface area contributed by atoms with E-state index in [0.717, 1.165) is 17.7 Å². The van der Waals surface area contributed by atoms with Gasteiger partial charge >= 0.3 is 0 Å². The Morgan fingerprint density at radius 2 is 2.25 bits per heavy atom. The lowest BCUT2D eigenvalue weighted by atomic mass is 9.73. The minimum absolute atomic E-state index is 0.422. The summed E-state index contributed by atoms with van der Waals surface area (Å²) in [5.41, 5.74) is 3.13. The lowest BCUT2D eigenvalue weighted by Gasteiger charge is -2.51. The molecule has 108 valence electrons. The van der Waals surface area contributed by atoms with Crippen molar-refractivity contribution in [2.45, 2.75) is 49.4 Å². The van der Waals surface area contributed by atoms with Crippen molar-refractivity contribution in [1.82, 2.24) is 4.90 Å². The van der Waals surface area contributed by atoms with E-state index in [1.165, 1.54) is 43.5 Å². The van der Waals surface area contributed by atoms with E-state index < -0.39 is 0 Å². The van der Waals surface area contributed by atoms with E-state index in [4.69, 9.17) is 4.74 Å². The number of benzene rings is 1. The maximum Gasteiger partial charge on any atom is 0.119 e. The molecule has 2 aliphatic heterocycles. The molecular weight excluding hydrogens is 266 g/mol. The molecule has 0 unspecified atom stereocenters. The molecule has 3 aliphatic rings. The Kier molecular flexibility index (Phi) is 3.04. The number of rotatable bonds is 1. The summed E-state index contributed by atoms with van der Waals surface area (Å²) in [5.74, 6) is 3.07. The van der Waals surface area contributed by atoms with Crippen molar-refractivity contribution < 1.29 is 4.74 Å². The molecule has 4 rings (SSSR count). The lowest BCUT2D eigenvalue weighted by molar-refractivity contribution is 0.0615. The SMILES string of the molecule is COc1ccc2c(c1)CC[C@H]1[C@@H]2CC[C@]2(C)SCCN12. The summed E-state index contributed by atoms with van der Waals surface area (Å²) >= 11 is 2.18. The zero-order valence-electron chi connectivity index (χ0n) is 12.4. The van der Waals surface area contributed by atoms with Gasteiger partial charge in [-0.3, -0.25) is 4.90 Å². The minimum Gasteiger partial charge on any atom is -0.497 e. The number of methoxy groups -OCH3 is 1. The molecule has 0 radical (unpaired) electrons. The third kappa shape index (κ3) is 1.82. The summed E-state index contributed by atoms with van der Waals surface area (Å²) in [4.78, 5) is 3.24. The molecule has 2 fully saturated rings. The highest BCUT2D eigenvalue weighted by Gasteiger charge is 2.49. The molecule has 0 bridgehead atoms. The summed E-state index contributed by atoms with van der Waals surface area (Å²) in [7, 11) is 1.76. The zero-order chi connectivity index (χ0) is 13.7. The van der Waals surface area contributed by atoms with Gasteiger partial charge in [0.05, 0.1) is 12.0 Å². The molecule has 1 aromatic rings. The summed E-state index contributed by atoms with van der Waals surface area (Å²) in [5, 5.41) is 0. The van der Waals surface area contributed by atoms with E-state index in [2.05, 4.69) is 41.8 Å². The molecule has 2 nitrogen and oxygen atoms in total. The normalized spacial score (nSPS) is 36.1. The maximum absolute atomic E-state index is 5.39. The van der Waals surface area contributed by atoms with Crippen molar-refractivity contribution in [3.63, 3.8) is 0 Å². The van der Waals surface area contributed by atoms with E-state index >= 15 is 0 Å². The maximum atomic E-state index is 5.39. The van der Waals surface area contributed by atoms with Crippen LogP contribution in [-0.2, 0) is 6.42 Å². The second kappa shape index (κ2) is 4.67. The van der Waals surface area contributed by atoms with Crippen LogP contribution in [0, 0.1) is 0 Å². The van der Waals surface area contributed by atoms with Crippen LogP contribution < -0.4 is 4.74 Å². The fraction of sp³-hybridized carbons (Fsp3) is 0.647. The minimum atomic E-state index is 0.422. The smallest absolute Gasteiger partial charge is 0.119 e. The van der Waals surface area contributed by atoms with E-state index in [1.807, 2.05) is 0 Å². The Morgan fingerprint density at radius 3 is 3.10 bits per heavy atom. The first kappa shape index (κ1) is 13.0. The molecule has 20 heavy (non-hydrogen) atoms. The molecule has 2 heterocycles. The van der Waals surface area contributed by atoms with Crippen molar-refractivity contribution in [3.8, 4) is 5.75 Å². The predicted octanol–water partition coefficient (Wildman–Crippen LogP) is 3.65. The summed E-state index contributed by atoms with van der Waals surface area (Å²) in [6, 6.07) is 7.51. The molecule has 3 atom stereocenters. The molecule has 0 amide bonds. The molecule has 0 saturated carbocycles. The number of fused-ring (bicyclic) bond motifs is 5. The molecule has 0 N–H and O–H groups in total. The average Bonchev–Trinajstić information content (AvgIpc) is 2.88. The van der Waals surface area contributed by atoms with Gasteiger partial charge in [0.2, 0.25) is 0 Å². The second-order valence-electron chi connectivity index (χ2n) is 6.53. The topological polar surface area (TPSA) is 12.5 Å². The van der Waals surface area contributed by atoms with Gasteiger partial charge in [-0.25, -0.2) is 0 Å².